The van der Waals surface area contributed by atoms with Crippen molar-refractivity contribution in [1.82, 2.24) is 15.0 Å². The molecule has 7 heteroatoms. The molecule has 1 N–H and O–H groups in total. The van der Waals surface area contributed by atoms with Crippen molar-refractivity contribution >= 4 is 11.6 Å². The highest BCUT2D eigenvalue weighted by molar-refractivity contribution is 5.99. The number of anilines is 1. The molecule has 1 aliphatic heterocycles. The summed E-state index contributed by atoms with van der Waals surface area (Å²) in [7, 11) is 1.81. The molecule has 2 aromatic carbocycles. The molecule has 4 rings (SSSR count). The van der Waals surface area contributed by atoms with Gasteiger partial charge in [-0.15, -0.1) is 0 Å². The van der Waals surface area contributed by atoms with Gasteiger partial charge in [0.1, 0.15) is 5.82 Å². The molecular formula is C21H21FN4O2. The van der Waals surface area contributed by atoms with Crippen LogP contribution in [0.15, 0.2) is 53.1 Å². The predicted molar refractivity (Wildman–Crippen MR) is 104 cm³/mol. The normalized spacial score (nSPS) is 16.8. The van der Waals surface area contributed by atoms with Crippen LogP contribution in [-0.4, -0.2) is 41.1 Å². The van der Waals surface area contributed by atoms with Gasteiger partial charge >= 0.3 is 0 Å². The molecule has 1 saturated heterocycles. The molecule has 0 bridgehead atoms. The highest BCUT2D eigenvalue weighted by Crippen LogP contribution is 2.29. The first-order valence-corrected chi connectivity index (χ1v) is 9.31. The monoisotopic (exact) mass is 380 g/mol. The standard InChI is InChI=1S/C21H21FN4O2/c1-23-18-7-3-2-6-17(18)21(27)26-12-4-5-15(13-26)20-24-19(25-28-20)14-8-10-16(22)11-9-14/h2-3,6-11,15,23H,4-5,12-13H2,1H3/t15-/m0/s1. The molecule has 6 nitrogen and oxygen atoms in total. The summed E-state index contributed by atoms with van der Waals surface area (Å²) in [5, 5.41) is 7.09. The molecule has 1 fully saturated rings. The van der Waals surface area contributed by atoms with Crippen molar-refractivity contribution in [2.75, 3.05) is 25.5 Å². The lowest BCUT2D eigenvalue weighted by Crippen LogP contribution is -2.39. The van der Waals surface area contributed by atoms with Crippen LogP contribution in [-0.2, 0) is 0 Å². The van der Waals surface area contributed by atoms with Crippen LogP contribution in [0, 0.1) is 5.82 Å². The van der Waals surface area contributed by atoms with Crippen LogP contribution in [0.3, 0.4) is 0 Å². The number of likely N-dealkylation sites (tertiary alicyclic amines) is 1. The zero-order chi connectivity index (χ0) is 19.5. The number of hydrogen-bond acceptors (Lipinski definition) is 5. The largest absolute Gasteiger partial charge is 0.387 e. The zero-order valence-electron chi connectivity index (χ0n) is 15.6. The van der Waals surface area contributed by atoms with Crippen LogP contribution in [0.1, 0.15) is 35.0 Å². The van der Waals surface area contributed by atoms with Gasteiger partial charge in [-0.1, -0.05) is 17.3 Å². The Bertz CT molecular complexity index is 971. The van der Waals surface area contributed by atoms with Gasteiger partial charge in [0.15, 0.2) is 0 Å². The number of rotatable bonds is 4. The van der Waals surface area contributed by atoms with E-state index >= 15 is 0 Å². The van der Waals surface area contributed by atoms with Crippen LogP contribution in [0.5, 0.6) is 0 Å². The summed E-state index contributed by atoms with van der Waals surface area (Å²) in [4.78, 5) is 19.3. The van der Waals surface area contributed by atoms with E-state index in [9.17, 15) is 9.18 Å². The molecule has 1 atom stereocenters. The predicted octanol–water partition coefficient (Wildman–Crippen LogP) is 3.94. The molecule has 28 heavy (non-hydrogen) atoms. The van der Waals surface area contributed by atoms with E-state index in [1.54, 1.807) is 19.2 Å². The van der Waals surface area contributed by atoms with E-state index in [0.29, 0.717) is 35.9 Å². The molecule has 1 aromatic heterocycles. The first-order chi connectivity index (χ1) is 13.7. The summed E-state index contributed by atoms with van der Waals surface area (Å²) in [6.45, 7) is 1.23. The molecule has 144 valence electrons. The lowest BCUT2D eigenvalue weighted by atomic mass is 9.97. The van der Waals surface area contributed by atoms with Crippen LogP contribution >= 0.6 is 0 Å². The van der Waals surface area contributed by atoms with Crippen molar-refractivity contribution in [3.63, 3.8) is 0 Å². The summed E-state index contributed by atoms with van der Waals surface area (Å²) < 4.78 is 18.6. The fourth-order valence-corrected chi connectivity index (χ4v) is 3.54. The summed E-state index contributed by atoms with van der Waals surface area (Å²) in [6.07, 6.45) is 1.74. The fraction of sp³-hybridized carbons (Fsp3) is 0.286. The number of hydrogen-bond donors (Lipinski definition) is 1. The Morgan fingerprint density at radius 1 is 1.21 bits per heavy atom. The Kier molecular flexibility index (Phi) is 5.06. The number of nitrogens with zero attached hydrogens (tertiary/aromatic N) is 3. The molecular weight excluding hydrogens is 359 g/mol. The maximum atomic E-state index is 13.1. The van der Waals surface area contributed by atoms with Gasteiger partial charge in [0.05, 0.1) is 11.5 Å². The number of halogens is 1. The minimum Gasteiger partial charge on any atom is -0.387 e. The molecule has 2 heterocycles. The molecule has 0 saturated carbocycles. The molecule has 1 amide bonds. The van der Waals surface area contributed by atoms with Crippen molar-refractivity contribution in [1.29, 1.82) is 0 Å². The minimum absolute atomic E-state index is 0.00655. The molecule has 0 aliphatic carbocycles. The topological polar surface area (TPSA) is 71.3 Å². The van der Waals surface area contributed by atoms with Crippen molar-refractivity contribution in [3.05, 3.63) is 65.8 Å². The molecule has 1 aliphatic rings. The number of amides is 1. The van der Waals surface area contributed by atoms with Crippen molar-refractivity contribution in [2.45, 2.75) is 18.8 Å². The van der Waals surface area contributed by atoms with E-state index in [0.717, 1.165) is 18.5 Å². The second-order valence-corrected chi connectivity index (χ2v) is 6.85. The quantitative estimate of drug-likeness (QED) is 0.742. The first-order valence-electron chi connectivity index (χ1n) is 9.31. The molecule has 0 spiro atoms. The maximum absolute atomic E-state index is 13.1. The van der Waals surface area contributed by atoms with Gasteiger partial charge in [-0.3, -0.25) is 4.79 Å². The van der Waals surface area contributed by atoms with E-state index in [1.807, 2.05) is 29.2 Å². The van der Waals surface area contributed by atoms with Gasteiger partial charge in [0, 0.05) is 31.4 Å². The van der Waals surface area contributed by atoms with Crippen LogP contribution in [0.25, 0.3) is 11.4 Å². The summed E-state index contributed by atoms with van der Waals surface area (Å²) >= 11 is 0. The Balaban J connectivity index is 1.51. The lowest BCUT2D eigenvalue weighted by molar-refractivity contribution is 0.0696. The Hall–Kier alpha value is -3.22. The van der Waals surface area contributed by atoms with Gasteiger partial charge < -0.3 is 14.7 Å². The highest BCUT2D eigenvalue weighted by atomic mass is 19.1. The van der Waals surface area contributed by atoms with E-state index in [1.165, 1.54) is 12.1 Å². The van der Waals surface area contributed by atoms with E-state index in [4.69, 9.17) is 4.52 Å². The fourth-order valence-electron chi connectivity index (χ4n) is 3.54. The number of aromatic nitrogens is 2. The SMILES string of the molecule is CNc1ccccc1C(=O)N1CCC[C@H](c2nc(-c3ccc(F)cc3)no2)C1. The number of nitrogens with one attached hydrogen (secondary N) is 1. The summed E-state index contributed by atoms with van der Waals surface area (Å²) in [5.41, 5.74) is 2.16. The molecule has 0 unspecified atom stereocenters. The zero-order valence-corrected chi connectivity index (χ0v) is 15.6. The minimum atomic E-state index is -0.309. The maximum Gasteiger partial charge on any atom is 0.255 e. The van der Waals surface area contributed by atoms with Gasteiger partial charge in [-0.25, -0.2) is 4.39 Å². The van der Waals surface area contributed by atoms with Gasteiger partial charge in [0.25, 0.3) is 5.91 Å². The average Bonchev–Trinajstić information content (AvgIpc) is 3.24. The molecule has 0 radical (unpaired) electrons. The van der Waals surface area contributed by atoms with Gasteiger partial charge in [-0.2, -0.15) is 4.98 Å². The van der Waals surface area contributed by atoms with E-state index in [-0.39, 0.29) is 17.6 Å². The number of carbonyl (C=O) groups excluding carboxylic acids is 1. The summed E-state index contributed by atoms with van der Waals surface area (Å²) in [6, 6.07) is 13.5. The van der Waals surface area contributed by atoms with Crippen LogP contribution < -0.4 is 5.32 Å². The Morgan fingerprint density at radius 3 is 2.79 bits per heavy atom. The van der Waals surface area contributed by atoms with Crippen LogP contribution in [0.4, 0.5) is 10.1 Å². The van der Waals surface area contributed by atoms with Crippen molar-refractivity contribution in [2.24, 2.45) is 0 Å². The van der Waals surface area contributed by atoms with Crippen molar-refractivity contribution < 1.29 is 13.7 Å². The number of para-hydroxylation sites is 1. The van der Waals surface area contributed by atoms with Gasteiger partial charge in [0.2, 0.25) is 11.7 Å². The number of benzene rings is 2. The number of piperidine rings is 1. The average molecular weight is 380 g/mol. The second kappa shape index (κ2) is 7.80. The van der Waals surface area contributed by atoms with Gasteiger partial charge in [-0.05, 0) is 49.2 Å². The number of carbonyl (C=O) groups is 1. The van der Waals surface area contributed by atoms with Crippen molar-refractivity contribution in [3.8, 4) is 11.4 Å². The third kappa shape index (κ3) is 3.60. The second-order valence-electron chi connectivity index (χ2n) is 6.85. The summed E-state index contributed by atoms with van der Waals surface area (Å²) in [5.74, 6) is 0.613. The molecule has 3 aromatic rings. The third-order valence-corrected chi connectivity index (χ3v) is 5.03. The van der Waals surface area contributed by atoms with Crippen LogP contribution in [0.2, 0.25) is 0 Å². The lowest BCUT2D eigenvalue weighted by Gasteiger charge is -2.31. The first kappa shape index (κ1) is 18.2. The third-order valence-electron chi connectivity index (χ3n) is 5.03. The smallest absolute Gasteiger partial charge is 0.255 e. The Morgan fingerprint density at radius 2 is 2.00 bits per heavy atom. The van der Waals surface area contributed by atoms with E-state index in [2.05, 4.69) is 15.5 Å². The Labute approximate surface area is 162 Å². The highest BCUT2D eigenvalue weighted by Gasteiger charge is 2.30. The van der Waals surface area contributed by atoms with E-state index < -0.39 is 0 Å².